The van der Waals surface area contributed by atoms with Crippen LogP contribution in [-0.4, -0.2) is 25.3 Å². The first kappa shape index (κ1) is 11.4. The topological polar surface area (TPSA) is 56.8 Å². The molecule has 2 rings (SSSR count). The minimum absolute atomic E-state index is 0.0607. The third-order valence-corrected chi connectivity index (χ3v) is 2.81. The molecule has 0 fully saturated rings. The number of hydrogen-bond acceptors (Lipinski definition) is 4. The van der Waals surface area contributed by atoms with Crippen molar-refractivity contribution < 1.29 is 9.47 Å². The Bertz CT molecular complexity index is 423. The number of halogens is 2. The van der Waals surface area contributed by atoms with Gasteiger partial charge in [-0.25, -0.2) is 4.99 Å². The van der Waals surface area contributed by atoms with Crippen LogP contribution in [0, 0.1) is 0 Å². The molecule has 6 heteroatoms. The van der Waals surface area contributed by atoms with Crippen LogP contribution in [0.2, 0.25) is 10.0 Å². The number of nitrogens with two attached hydrogens (primary N) is 1. The van der Waals surface area contributed by atoms with Gasteiger partial charge in [-0.1, -0.05) is 23.2 Å². The van der Waals surface area contributed by atoms with Crippen molar-refractivity contribution in [3.8, 4) is 5.75 Å². The minimum Gasteiger partial charge on any atom is -0.491 e. The molecule has 2 N–H and O–H groups in total. The molecule has 0 radical (unpaired) electrons. The van der Waals surface area contributed by atoms with E-state index in [2.05, 4.69) is 4.99 Å². The van der Waals surface area contributed by atoms with Crippen molar-refractivity contribution in [2.45, 2.75) is 6.04 Å². The Hall–Kier alpha value is -1.13. The first-order valence-corrected chi connectivity index (χ1v) is 5.44. The van der Waals surface area contributed by atoms with Gasteiger partial charge in [0.15, 0.2) is 0 Å². The molecule has 86 valence electrons. The van der Waals surface area contributed by atoms with Crippen LogP contribution in [0.25, 0.3) is 0 Å². The first-order valence-electron chi connectivity index (χ1n) is 4.69. The van der Waals surface area contributed by atoms with Crippen LogP contribution in [0.3, 0.4) is 0 Å². The van der Waals surface area contributed by atoms with Gasteiger partial charge in [-0.05, 0) is 12.1 Å². The number of hydrogen-bond donors (Lipinski definition) is 1. The number of rotatable bonds is 3. The summed E-state index contributed by atoms with van der Waals surface area (Å²) < 4.78 is 10.5. The van der Waals surface area contributed by atoms with Crippen molar-refractivity contribution in [3.63, 3.8) is 0 Å². The van der Waals surface area contributed by atoms with E-state index in [1.165, 1.54) is 0 Å². The Morgan fingerprint density at radius 1 is 1.44 bits per heavy atom. The highest BCUT2D eigenvalue weighted by Gasteiger charge is 2.17. The summed E-state index contributed by atoms with van der Waals surface area (Å²) in [6, 6.07) is 5.24. The highest BCUT2D eigenvalue weighted by atomic mass is 35.5. The molecule has 0 saturated carbocycles. The lowest BCUT2D eigenvalue weighted by Crippen LogP contribution is -2.17. The van der Waals surface area contributed by atoms with Gasteiger partial charge in [0.25, 0.3) is 6.02 Å². The van der Waals surface area contributed by atoms with Crippen molar-refractivity contribution in [1.82, 2.24) is 0 Å². The van der Waals surface area contributed by atoms with Crippen molar-refractivity contribution in [1.29, 1.82) is 0 Å². The van der Waals surface area contributed by atoms with Crippen LogP contribution in [-0.2, 0) is 4.74 Å². The van der Waals surface area contributed by atoms with Crippen LogP contribution in [0.15, 0.2) is 23.2 Å². The van der Waals surface area contributed by atoms with E-state index in [0.29, 0.717) is 29.0 Å². The summed E-state index contributed by atoms with van der Waals surface area (Å²) >= 11 is 11.6. The molecule has 0 amide bonds. The predicted octanol–water partition coefficient (Wildman–Crippen LogP) is 2.09. The number of aliphatic imine (C=N–C) groups is 1. The normalized spacial score (nSPS) is 19.1. The van der Waals surface area contributed by atoms with E-state index in [9.17, 15) is 0 Å². The second kappa shape index (κ2) is 4.80. The maximum atomic E-state index is 5.85. The Morgan fingerprint density at radius 3 is 2.88 bits per heavy atom. The van der Waals surface area contributed by atoms with E-state index < -0.39 is 0 Å². The average Bonchev–Trinajstić information content (AvgIpc) is 2.66. The highest BCUT2D eigenvalue weighted by molar-refractivity contribution is 6.42. The number of nitrogens with zero attached hydrogens (tertiary/aromatic N) is 1. The summed E-state index contributed by atoms with van der Waals surface area (Å²) in [5.74, 6) is 0.648. The third kappa shape index (κ3) is 2.71. The first-order chi connectivity index (χ1) is 7.65. The Morgan fingerprint density at radius 2 is 2.25 bits per heavy atom. The van der Waals surface area contributed by atoms with E-state index in [0.717, 1.165) is 0 Å². The maximum absolute atomic E-state index is 5.85. The van der Waals surface area contributed by atoms with Crippen molar-refractivity contribution >= 4 is 29.2 Å². The van der Waals surface area contributed by atoms with E-state index in [4.69, 9.17) is 38.4 Å². The largest absolute Gasteiger partial charge is 0.491 e. The van der Waals surface area contributed by atoms with Gasteiger partial charge in [-0.15, -0.1) is 0 Å². The quantitative estimate of drug-likeness (QED) is 0.906. The van der Waals surface area contributed by atoms with E-state index >= 15 is 0 Å². The average molecular weight is 261 g/mol. The molecule has 0 bridgehead atoms. The van der Waals surface area contributed by atoms with Gasteiger partial charge in [-0.3, -0.25) is 0 Å². The summed E-state index contributed by atoms with van der Waals surface area (Å²) in [4.78, 5) is 4.03. The van der Waals surface area contributed by atoms with Gasteiger partial charge in [-0.2, -0.15) is 0 Å². The zero-order valence-corrected chi connectivity index (χ0v) is 9.83. The number of benzene rings is 1. The molecular formula is C10H10Cl2N2O2. The molecule has 1 aliphatic heterocycles. The van der Waals surface area contributed by atoms with Crippen molar-refractivity contribution in [2.75, 3.05) is 13.2 Å². The molecule has 1 aromatic carbocycles. The molecule has 0 saturated heterocycles. The molecule has 1 heterocycles. The second-order valence-corrected chi connectivity index (χ2v) is 4.13. The van der Waals surface area contributed by atoms with Crippen LogP contribution in [0.5, 0.6) is 5.75 Å². The number of ether oxygens (including phenoxy) is 2. The van der Waals surface area contributed by atoms with Gasteiger partial charge < -0.3 is 15.2 Å². The summed E-state index contributed by atoms with van der Waals surface area (Å²) in [5.41, 5.74) is 5.37. The summed E-state index contributed by atoms with van der Waals surface area (Å²) in [6.45, 7) is 0.853. The Labute approximate surface area is 103 Å². The maximum Gasteiger partial charge on any atom is 0.282 e. The number of amidine groups is 1. The van der Waals surface area contributed by atoms with E-state index in [1.54, 1.807) is 18.2 Å². The molecule has 0 aliphatic carbocycles. The zero-order valence-electron chi connectivity index (χ0n) is 8.32. The lowest BCUT2D eigenvalue weighted by Gasteiger charge is -2.09. The summed E-state index contributed by atoms with van der Waals surface area (Å²) in [5, 5.41) is 0.963. The lowest BCUT2D eigenvalue weighted by molar-refractivity contribution is 0.241. The summed E-state index contributed by atoms with van der Waals surface area (Å²) in [6.07, 6.45) is 0. The van der Waals surface area contributed by atoms with Crippen LogP contribution in [0.4, 0.5) is 0 Å². The molecule has 4 nitrogen and oxygen atoms in total. The highest BCUT2D eigenvalue weighted by Crippen LogP contribution is 2.26. The van der Waals surface area contributed by atoms with E-state index in [1.807, 2.05) is 0 Å². The van der Waals surface area contributed by atoms with Gasteiger partial charge in [0.2, 0.25) is 0 Å². The lowest BCUT2D eigenvalue weighted by atomic mass is 10.3. The monoisotopic (exact) mass is 260 g/mol. The van der Waals surface area contributed by atoms with Crippen LogP contribution < -0.4 is 10.5 Å². The Kier molecular flexibility index (Phi) is 3.41. The van der Waals surface area contributed by atoms with Crippen molar-refractivity contribution in [2.24, 2.45) is 10.7 Å². The fourth-order valence-electron chi connectivity index (χ4n) is 1.28. The van der Waals surface area contributed by atoms with Gasteiger partial charge in [0.05, 0.1) is 10.0 Å². The van der Waals surface area contributed by atoms with Gasteiger partial charge in [0.1, 0.15) is 25.0 Å². The molecule has 1 aromatic rings. The molecule has 1 aliphatic rings. The van der Waals surface area contributed by atoms with Gasteiger partial charge >= 0.3 is 0 Å². The summed E-state index contributed by atoms with van der Waals surface area (Å²) in [7, 11) is 0. The standard InChI is InChI=1S/C10H10Cl2N2O2/c11-8-2-1-7(3-9(8)12)15-4-6-5-16-10(13)14-6/h1-3,6H,4-5H2,(H2,13,14)/t6-/m0/s1. The fraction of sp³-hybridized carbons (Fsp3) is 0.300. The SMILES string of the molecule is NC1=N[C@@H](COc2ccc(Cl)c(Cl)c2)CO1. The molecule has 0 unspecified atom stereocenters. The van der Waals surface area contributed by atoms with Crippen LogP contribution >= 0.6 is 23.2 Å². The Balaban J connectivity index is 1.92. The predicted molar refractivity (Wildman–Crippen MR) is 63.3 cm³/mol. The molecule has 0 aromatic heterocycles. The molecule has 0 spiro atoms. The smallest absolute Gasteiger partial charge is 0.282 e. The molecule has 16 heavy (non-hydrogen) atoms. The van der Waals surface area contributed by atoms with E-state index in [-0.39, 0.29) is 12.1 Å². The third-order valence-electron chi connectivity index (χ3n) is 2.07. The fourth-order valence-corrected chi connectivity index (χ4v) is 1.57. The zero-order chi connectivity index (χ0) is 11.5. The van der Waals surface area contributed by atoms with Crippen molar-refractivity contribution in [3.05, 3.63) is 28.2 Å². The minimum atomic E-state index is -0.0607. The second-order valence-electron chi connectivity index (χ2n) is 3.32. The molecular weight excluding hydrogens is 251 g/mol. The van der Waals surface area contributed by atoms with Crippen LogP contribution in [0.1, 0.15) is 0 Å². The van der Waals surface area contributed by atoms with Gasteiger partial charge in [0, 0.05) is 6.07 Å². The molecule has 1 atom stereocenters.